The van der Waals surface area contributed by atoms with Gasteiger partial charge in [0.15, 0.2) is 5.65 Å². The standard InChI is InChI=1S/C24H29N5O/c1-18(2)29-17-19(20-10-3-4-11-21(20)29)9-7-14-24(30)25-15-8-13-23-27-26-22-12-5-6-16-28(22)23/h3-6,10-12,16-18H,7-9,13-15H2,1-2H3,(H,25,30). The zero-order valence-corrected chi connectivity index (χ0v) is 17.7. The third kappa shape index (κ3) is 4.37. The minimum absolute atomic E-state index is 0.119. The van der Waals surface area contributed by atoms with Gasteiger partial charge in [0.2, 0.25) is 5.91 Å². The topological polar surface area (TPSA) is 64.2 Å². The number of benzene rings is 1. The molecule has 0 saturated heterocycles. The molecule has 1 N–H and O–H groups in total. The van der Waals surface area contributed by atoms with Crippen LogP contribution in [0.25, 0.3) is 16.6 Å². The van der Waals surface area contributed by atoms with Crippen molar-refractivity contribution in [2.45, 2.75) is 52.0 Å². The number of nitrogens with one attached hydrogen (secondary N) is 1. The smallest absolute Gasteiger partial charge is 0.220 e. The predicted octanol–water partition coefficient (Wildman–Crippen LogP) is 4.34. The van der Waals surface area contributed by atoms with Crippen molar-refractivity contribution in [2.75, 3.05) is 6.54 Å². The van der Waals surface area contributed by atoms with E-state index in [1.54, 1.807) is 0 Å². The van der Waals surface area contributed by atoms with Gasteiger partial charge in [-0.1, -0.05) is 24.3 Å². The summed E-state index contributed by atoms with van der Waals surface area (Å²) in [5, 5.41) is 12.7. The predicted molar refractivity (Wildman–Crippen MR) is 120 cm³/mol. The summed E-state index contributed by atoms with van der Waals surface area (Å²) in [6.07, 6.45) is 8.18. The van der Waals surface area contributed by atoms with Crippen LogP contribution in [0, 0.1) is 0 Å². The van der Waals surface area contributed by atoms with Gasteiger partial charge in [-0.05, 0) is 56.9 Å². The van der Waals surface area contributed by atoms with E-state index in [1.165, 1.54) is 16.5 Å². The first-order valence-electron chi connectivity index (χ1n) is 10.8. The molecule has 0 spiro atoms. The van der Waals surface area contributed by atoms with Gasteiger partial charge in [-0.15, -0.1) is 10.2 Å². The van der Waals surface area contributed by atoms with Gasteiger partial charge in [0.1, 0.15) is 5.82 Å². The molecule has 0 saturated carbocycles. The summed E-state index contributed by atoms with van der Waals surface area (Å²) in [5.74, 6) is 1.05. The van der Waals surface area contributed by atoms with Crippen molar-refractivity contribution < 1.29 is 4.79 Å². The number of amides is 1. The quantitative estimate of drug-likeness (QED) is 0.423. The van der Waals surface area contributed by atoms with Gasteiger partial charge >= 0.3 is 0 Å². The van der Waals surface area contributed by atoms with E-state index in [-0.39, 0.29) is 5.91 Å². The average Bonchev–Trinajstić information content (AvgIpc) is 3.33. The van der Waals surface area contributed by atoms with E-state index in [1.807, 2.05) is 28.8 Å². The van der Waals surface area contributed by atoms with Gasteiger partial charge in [0.25, 0.3) is 0 Å². The van der Waals surface area contributed by atoms with Gasteiger partial charge < -0.3 is 9.88 Å². The maximum absolute atomic E-state index is 12.2. The van der Waals surface area contributed by atoms with Crippen LogP contribution in [0.1, 0.15) is 50.5 Å². The lowest BCUT2D eigenvalue weighted by molar-refractivity contribution is -0.121. The highest BCUT2D eigenvalue weighted by Gasteiger charge is 2.11. The third-order valence-corrected chi connectivity index (χ3v) is 5.51. The Morgan fingerprint density at radius 3 is 2.73 bits per heavy atom. The van der Waals surface area contributed by atoms with E-state index in [2.05, 4.69) is 64.4 Å². The molecule has 6 heteroatoms. The molecule has 30 heavy (non-hydrogen) atoms. The zero-order valence-electron chi connectivity index (χ0n) is 17.7. The van der Waals surface area contributed by atoms with E-state index in [0.717, 1.165) is 37.2 Å². The van der Waals surface area contributed by atoms with Crippen LogP contribution in [0.15, 0.2) is 54.9 Å². The van der Waals surface area contributed by atoms with Crippen LogP contribution in [0.3, 0.4) is 0 Å². The molecular formula is C24H29N5O. The summed E-state index contributed by atoms with van der Waals surface area (Å²) in [7, 11) is 0. The monoisotopic (exact) mass is 403 g/mol. The lowest BCUT2D eigenvalue weighted by atomic mass is 10.1. The van der Waals surface area contributed by atoms with E-state index >= 15 is 0 Å². The van der Waals surface area contributed by atoms with E-state index < -0.39 is 0 Å². The molecule has 0 atom stereocenters. The second kappa shape index (κ2) is 9.11. The number of para-hydroxylation sites is 1. The van der Waals surface area contributed by atoms with E-state index in [0.29, 0.717) is 19.0 Å². The first-order chi connectivity index (χ1) is 14.6. The van der Waals surface area contributed by atoms with Crippen molar-refractivity contribution >= 4 is 22.5 Å². The van der Waals surface area contributed by atoms with Crippen LogP contribution >= 0.6 is 0 Å². The largest absolute Gasteiger partial charge is 0.356 e. The molecule has 0 radical (unpaired) electrons. The molecule has 0 unspecified atom stereocenters. The van der Waals surface area contributed by atoms with Crippen LogP contribution < -0.4 is 5.32 Å². The fourth-order valence-corrected chi connectivity index (χ4v) is 3.97. The van der Waals surface area contributed by atoms with Gasteiger partial charge in [-0.2, -0.15) is 0 Å². The van der Waals surface area contributed by atoms with Crippen molar-refractivity contribution in [1.29, 1.82) is 0 Å². The number of fused-ring (bicyclic) bond motifs is 2. The van der Waals surface area contributed by atoms with Gasteiger partial charge in [0, 0.05) is 48.7 Å². The van der Waals surface area contributed by atoms with Crippen LogP contribution in [0.5, 0.6) is 0 Å². The van der Waals surface area contributed by atoms with Gasteiger partial charge in [-0.25, -0.2) is 0 Å². The van der Waals surface area contributed by atoms with Gasteiger partial charge in [-0.3, -0.25) is 9.20 Å². The minimum Gasteiger partial charge on any atom is -0.356 e. The Balaban J connectivity index is 1.22. The van der Waals surface area contributed by atoms with Crippen molar-refractivity contribution in [3.05, 3.63) is 66.2 Å². The molecule has 1 aromatic carbocycles. The third-order valence-electron chi connectivity index (χ3n) is 5.51. The Morgan fingerprint density at radius 2 is 1.87 bits per heavy atom. The number of aryl methyl sites for hydroxylation is 2. The maximum atomic E-state index is 12.2. The van der Waals surface area contributed by atoms with Gasteiger partial charge in [0.05, 0.1) is 0 Å². The molecule has 3 heterocycles. The zero-order chi connectivity index (χ0) is 20.9. The Bertz CT molecular complexity index is 1140. The molecule has 156 valence electrons. The molecule has 6 nitrogen and oxygen atoms in total. The minimum atomic E-state index is 0.119. The molecular weight excluding hydrogens is 374 g/mol. The summed E-state index contributed by atoms with van der Waals surface area (Å²) < 4.78 is 4.31. The van der Waals surface area contributed by atoms with Crippen LogP contribution in [-0.4, -0.2) is 31.6 Å². The highest BCUT2D eigenvalue weighted by Crippen LogP contribution is 2.25. The average molecular weight is 404 g/mol. The van der Waals surface area contributed by atoms with Crippen LogP contribution in [0.2, 0.25) is 0 Å². The number of carbonyl (C=O) groups is 1. The Labute approximate surface area is 176 Å². The summed E-state index contributed by atoms with van der Waals surface area (Å²) in [5.41, 5.74) is 3.45. The van der Waals surface area contributed by atoms with Crippen molar-refractivity contribution in [2.24, 2.45) is 0 Å². The molecule has 4 rings (SSSR count). The van der Waals surface area contributed by atoms with Crippen molar-refractivity contribution in [1.82, 2.24) is 24.5 Å². The van der Waals surface area contributed by atoms with Crippen molar-refractivity contribution in [3.63, 3.8) is 0 Å². The number of hydrogen-bond donors (Lipinski definition) is 1. The molecule has 0 fully saturated rings. The normalized spacial score (nSPS) is 11.6. The van der Waals surface area contributed by atoms with E-state index in [4.69, 9.17) is 0 Å². The second-order valence-corrected chi connectivity index (χ2v) is 8.02. The Morgan fingerprint density at radius 1 is 1.03 bits per heavy atom. The SMILES string of the molecule is CC(C)n1cc(CCCC(=O)NCCCc2nnc3ccccn23)c2ccccc21. The molecule has 0 aliphatic heterocycles. The lowest BCUT2D eigenvalue weighted by Gasteiger charge is -2.08. The molecule has 4 aromatic rings. The number of hydrogen-bond acceptors (Lipinski definition) is 3. The molecule has 0 aliphatic carbocycles. The summed E-state index contributed by atoms with van der Waals surface area (Å²) >= 11 is 0. The Kier molecular flexibility index (Phi) is 6.12. The first-order valence-corrected chi connectivity index (χ1v) is 10.8. The fraction of sp³-hybridized carbons (Fsp3) is 0.375. The summed E-state index contributed by atoms with van der Waals surface area (Å²) in [6.45, 7) is 5.06. The fourth-order valence-electron chi connectivity index (χ4n) is 3.97. The first kappa shape index (κ1) is 20.1. The lowest BCUT2D eigenvalue weighted by Crippen LogP contribution is -2.24. The molecule has 3 aromatic heterocycles. The molecule has 0 aliphatic rings. The summed E-state index contributed by atoms with van der Waals surface area (Å²) in [4.78, 5) is 12.2. The number of nitrogens with zero attached hydrogens (tertiary/aromatic N) is 4. The second-order valence-electron chi connectivity index (χ2n) is 8.02. The highest BCUT2D eigenvalue weighted by atomic mass is 16.1. The number of rotatable bonds is 9. The number of pyridine rings is 1. The highest BCUT2D eigenvalue weighted by molar-refractivity contribution is 5.84. The summed E-state index contributed by atoms with van der Waals surface area (Å²) in [6, 6.07) is 14.8. The maximum Gasteiger partial charge on any atom is 0.220 e. The Hall–Kier alpha value is -3.15. The number of aromatic nitrogens is 4. The number of carbonyl (C=O) groups excluding carboxylic acids is 1. The van der Waals surface area contributed by atoms with Crippen LogP contribution in [-0.2, 0) is 17.6 Å². The van der Waals surface area contributed by atoms with Crippen molar-refractivity contribution in [3.8, 4) is 0 Å². The van der Waals surface area contributed by atoms with Crippen LogP contribution in [0.4, 0.5) is 0 Å². The molecule has 1 amide bonds. The molecule has 0 bridgehead atoms. The van der Waals surface area contributed by atoms with E-state index in [9.17, 15) is 4.79 Å².